The Morgan fingerprint density at radius 3 is 2.57 bits per heavy atom. The van der Waals surface area contributed by atoms with Crippen LogP contribution in [0.2, 0.25) is 0 Å². The van der Waals surface area contributed by atoms with Crippen molar-refractivity contribution in [3.63, 3.8) is 0 Å². The third-order valence-electron chi connectivity index (χ3n) is 3.86. The van der Waals surface area contributed by atoms with Gasteiger partial charge in [0.2, 0.25) is 17.6 Å². The van der Waals surface area contributed by atoms with Crippen LogP contribution in [0.1, 0.15) is 17.0 Å². The SMILES string of the molecule is O=C(Cc1ccc(F)cc1)NCCc1nc(-c2cccc(C(F)(F)F)c2)no1. The molecule has 1 N–H and O–H groups in total. The highest BCUT2D eigenvalue weighted by atomic mass is 19.4. The molecule has 2 aromatic carbocycles. The van der Waals surface area contributed by atoms with E-state index < -0.39 is 11.7 Å². The molecule has 3 rings (SSSR count). The summed E-state index contributed by atoms with van der Waals surface area (Å²) in [5.74, 6) is -0.408. The maximum absolute atomic E-state index is 12.8. The van der Waals surface area contributed by atoms with Gasteiger partial charge in [0.05, 0.1) is 12.0 Å². The Bertz CT molecular complexity index is 952. The minimum absolute atomic E-state index is 0.0405. The molecule has 0 bridgehead atoms. The van der Waals surface area contributed by atoms with Crippen molar-refractivity contribution < 1.29 is 26.9 Å². The van der Waals surface area contributed by atoms with Crippen LogP contribution in [0.4, 0.5) is 17.6 Å². The summed E-state index contributed by atoms with van der Waals surface area (Å²) in [4.78, 5) is 15.9. The van der Waals surface area contributed by atoms with Gasteiger partial charge in [0.15, 0.2) is 0 Å². The molecule has 146 valence electrons. The van der Waals surface area contributed by atoms with E-state index in [0.717, 1.165) is 12.1 Å². The van der Waals surface area contributed by atoms with E-state index >= 15 is 0 Å². The van der Waals surface area contributed by atoms with Gasteiger partial charge in [-0.2, -0.15) is 18.2 Å². The maximum atomic E-state index is 12.8. The van der Waals surface area contributed by atoms with Gasteiger partial charge in [-0.3, -0.25) is 4.79 Å². The number of rotatable bonds is 6. The Balaban J connectivity index is 1.54. The molecule has 5 nitrogen and oxygen atoms in total. The number of benzene rings is 2. The highest BCUT2D eigenvalue weighted by Crippen LogP contribution is 2.31. The largest absolute Gasteiger partial charge is 0.416 e. The summed E-state index contributed by atoms with van der Waals surface area (Å²) in [5.41, 5.74) is 0.0538. The van der Waals surface area contributed by atoms with Crippen molar-refractivity contribution in [1.29, 1.82) is 0 Å². The second-order valence-electron chi connectivity index (χ2n) is 5.99. The quantitative estimate of drug-likeness (QED) is 0.647. The summed E-state index contributed by atoms with van der Waals surface area (Å²) in [6.45, 7) is 0.213. The molecule has 0 radical (unpaired) electrons. The van der Waals surface area contributed by atoms with Crippen molar-refractivity contribution in [3.8, 4) is 11.4 Å². The third kappa shape index (κ3) is 5.15. The molecular formula is C19H15F4N3O2. The lowest BCUT2D eigenvalue weighted by Crippen LogP contribution is -2.27. The second kappa shape index (κ2) is 8.20. The Hall–Kier alpha value is -3.23. The van der Waals surface area contributed by atoms with E-state index in [9.17, 15) is 22.4 Å². The molecule has 0 saturated carbocycles. The number of aromatic nitrogens is 2. The predicted octanol–water partition coefficient (Wildman–Crippen LogP) is 3.80. The minimum Gasteiger partial charge on any atom is -0.355 e. The van der Waals surface area contributed by atoms with Crippen molar-refractivity contribution >= 4 is 5.91 Å². The van der Waals surface area contributed by atoms with E-state index in [1.807, 2.05) is 0 Å². The fourth-order valence-electron chi connectivity index (χ4n) is 2.47. The molecule has 0 aliphatic rings. The molecule has 0 aliphatic carbocycles. The van der Waals surface area contributed by atoms with Crippen LogP contribution in [0.25, 0.3) is 11.4 Å². The number of halogens is 4. The van der Waals surface area contributed by atoms with Crippen molar-refractivity contribution in [2.24, 2.45) is 0 Å². The third-order valence-corrected chi connectivity index (χ3v) is 3.86. The zero-order valence-electron chi connectivity index (χ0n) is 14.5. The smallest absolute Gasteiger partial charge is 0.355 e. The number of hydrogen-bond acceptors (Lipinski definition) is 4. The number of alkyl halides is 3. The molecular weight excluding hydrogens is 378 g/mol. The summed E-state index contributed by atoms with van der Waals surface area (Å²) >= 11 is 0. The molecule has 0 unspecified atom stereocenters. The summed E-state index contributed by atoms with van der Waals surface area (Å²) in [7, 11) is 0. The molecule has 0 fully saturated rings. The first kappa shape index (κ1) is 19.5. The Morgan fingerprint density at radius 1 is 1.11 bits per heavy atom. The van der Waals surface area contributed by atoms with Crippen LogP contribution < -0.4 is 5.32 Å². The summed E-state index contributed by atoms with van der Waals surface area (Å²) < 4.78 is 56.2. The summed E-state index contributed by atoms with van der Waals surface area (Å²) in [6, 6.07) is 10.2. The number of carbonyl (C=O) groups is 1. The highest BCUT2D eigenvalue weighted by Gasteiger charge is 2.30. The Morgan fingerprint density at radius 2 is 1.86 bits per heavy atom. The second-order valence-corrected chi connectivity index (χ2v) is 5.99. The molecule has 1 aromatic heterocycles. The van der Waals surface area contributed by atoms with Crippen molar-refractivity contribution in [1.82, 2.24) is 15.5 Å². The molecule has 3 aromatic rings. The molecule has 1 amide bonds. The van der Waals surface area contributed by atoms with E-state index in [4.69, 9.17) is 4.52 Å². The first-order chi connectivity index (χ1) is 13.3. The van der Waals surface area contributed by atoms with E-state index in [-0.39, 0.29) is 48.4 Å². The highest BCUT2D eigenvalue weighted by molar-refractivity contribution is 5.78. The van der Waals surface area contributed by atoms with E-state index in [0.29, 0.717) is 5.56 Å². The Kier molecular flexibility index (Phi) is 5.72. The molecule has 0 atom stereocenters. The van der Waals surface area contributed by atoms with Crippen LogP contribution in [-0.2, 0) is 23.8 Å². The van der Waals surface area contributed by atoms with Gasteiger partial charge >= 0.3 is 6.18 Å². The van der Waals surface area contributed by atoms with Crippen LogP contribution in [0.3, 0.4) is 0 Å². The first-order valence-electron chi connectivity index (χ1n) is 8.32. The molecule has 9 heteroatoms. The molecule has 0 aliphatic heterocycles. The minimum atomic E-state index is -4.46. The van der Waals surface area contributed by atoms with Crippen molar-refractivity contribution in [3.05, 3.63) is 71.4 Å². The van der Waals surface area contributed by atoms with Gasteiger partial charge in [0, 0.05) is 18.5 Å². The zero-order valence-corrected chi connectivity index (χ0v) is 14.5. The van der Waals surface area contributed by atoms with E-state index in [1.54, 1.807) is 0 Å². The number of carbonyl (C=O) groups excluding carboxylic acids is 1. The first-order valence-corrected chi connectivity index (χ1v) is 8.32. The number of nitrogens with one attached hydrogen (secondary N) is 1. The van der Waals surface area contributed by atoms with Gasteiger partial charge in [-0.05, 0) is 29.8 Å². The molecule has 1 heterocycles. The lowest BCUT2D eigenvalue weighted by molar-refractivity contribution is -0.137. The topological polar surface area (TPSA) is 68.0 Å². The van der Waals surface area contributed by atoms with Gasteiger partial charge in [-0.25, -0.2) is 4.39 Å². The normalized spacial score (nSPS) is 11.4. The van der Waals surface area contributed by atoms with Crippen molar-refractivity contribution in [2.45, 2.75) is 19.0 Å². The standard InChI is InChI=1S/C19H15F4N3O2/c20-15-6-4-12(5-7-15)10-16(27)24-9-8-17-25-18(26-28-17)13-2-1-3-14(11-13)19(21,22)23/h1-7,11H,8-10H2,(H,24,27). The van der Waals surface area contributed by atoms with Gasteiger partial charge < -0.3 is 9.84 Å². The molecule has 0 saturated heterocycles. The fraction of sp³-hybridized carbons (Fsp3) is 0.211. The average molecular weight is 393 g/mol. The number of hydrogen-bond donors (Lipinski definition) is 1. The van der Waals surface area contributed by atoms with Crippen LogP contribution in [0, 0.1) is 5.82 Å². The average Bonchev–Trinajstić information content (AvgIpc) is 3.12. The summed E-state index contributed by atoms with van der Waals surface area (Å²) in [5, 5.41) is 6.34. The number of nitrogens with zero attached hydrogens (tertiary/aromatic N) is 2. The van der Waals surface area contributed by atoms with E-state index in [1.165, 1.54) is 36.4 Å². The summed E-state index contributed by atoms with van der Waals surface area (Å²) in [6.07, 6.45) is -4.14. The van der Waals surface area contributed by atoms with Crippen LogP contribution in [0.15, 0.2) is 53.1 Å². The van der Waals surface area contributed by atoms with Crippen molar-refractivity contribution in [2.75, 3.05) is 6.54 Å². The van der Waals surface area contributed by atoms with E-state index in [2.05, 4.69) is 15.5 Å². The number of amides is 1. The zero-order chi connectivity index (χ0) is 20.1. The van der Waals surface area contributed by atoms with Gasteiger partial charge in [0.25, 0.3) is 0 Å². The van der Waals surface area contributed by atoms with Gasteiger partial charge in [-0.1, -0.05) is 29.4 Å². The molecule has 0 spiro atoms. The Labute approximate surface area is 157 Å². The van der Waals surface area contributed by atoms with Crippen LogP contribution in [0.5, 0.6) is 0 Å². The molecule has 28 heavy (non-hydrogen) atoms. The van der Waals surface area contributed by atoms with Crippen LogP contribution >= 0.6 is 0 Å². The fourth-order valence-corrected chi connectivity index (χ4v) is 2.47. The van der Waals surface area contributed by atoms with Crippen LogP contribution in [-0.4, -0.2) is 22.6 Å². The van der Waals surface area contributed by atoms with Gasteiger partial charge in [-0.15, -0.1) is 0 Å². The lowest BCUT2D eigenvalue weighted by atomic mass is 10.1. The lowest BCUT2D eigenvalue weighted by Gasteiger charge is -2.06. The maximum Gasteiger partial charge on any atom is 0.416 e. The monoisotopic (exact) mass is 393 g/mol. The predicted molar refractivity (Wildman–Crippen MR) is 91.6 cm³/mol. The van der Waals surface area contributed by atoms with Gasteiger partial charge in [0.1, 0.15) is 5.82 Å².